The number of piperidine rings is 1. The second-order valence-corrected chi connectivity index (χ2v) is 5.94. The first-order valence-corrected chi connectivity index (χ1v) is 8.08. The summed E-state index contributed by atoms with van der Waals surface area (Å²) in [7, 11) is 0. The Balaban J connectivity index is 1.86. The van der Waals surface area contributed by atoms with E-state index in [0.717, 1.165) is 12.0 Å². The minimum atomic E-state index is 0.823. The van der Waals surface area contributed by atoms with Crippen LogP contribution in [0, 0.1) is 5.92 Å². The summed E-state index contributed by atoms with van der Waals surface area (Å²) in [6.07, 6.45) is 15.8. The van der Waals surface area contributed by atoms with Crippen LogP contribution in [0.2, 0.25) is 0 Å². The molecule has 0 aromatic rings. The Labute approximate surface area is 109 Å². The topological polar surface area (TPSA) is 12.0 Å². The van der Waals surface area contributed by atoms with Gasteiger partial charge in [-0.25, -0.2) is 0 Å². The van der Waals surface area contributed by atoms with Crippen LogP contribution < -0.4 is 5.32 Å². The van der Waals surface area contributed by atoms with Gasteiger partial charge in [0.1, 0.15) is 0 Å². The lowest BCUT2D eigenvalue weighted by atomic mass is 9.89. The summed E-state index contributed by atoms with van der Waals surface area (Å²) in [4.78, 5) is 0. The summed E-state index contributed by atoms with van der Waals surface area (Å²) >= 11 is 0. The summed E-state index contributed by atoms with van der Waals surface area (Å²) in [5, 5.41) is 3.69. The second kappa shape index (κ2) is 9.94. The molecule has 2 unspecified atom stereocenters. The quantitative estimate of drug-likeness (QED) is 0.564. The van der Waals surface area contributed by atoms with Crippen molar-refractivity contribution in [2.75, 3.05) is 6.54 Å². The Kier molecular flexibility index (Phi) is 8.78. The van der Waals surface area contributed by atoms with E-state index in [1.165, 1.54) is 77.2 Å². The van der Waals surface area contributed by atoms with Gasteiger partial charge in [0.2, 0.25) is 0 Å². The SMILES string of the molecule is CCCCCCCCCCC1NCCCC1C. The number of unbranched alkanes of at least 4 members (excludes halogenated alkanes) is 7. The highest BCUT2D eigenvalue weighted by atomic mass is 14.9. The van der Waals surface area contributed by atoms with E-state index in [-0.39, 0.29) is 0 Å². The molecular formula is C16H33N. The van der Waals surface area contributed by atoms with Gasteiger partial charge in [-0.2, -0.15) is 0 Å². The largest absolute Gasteiger partial charge is 0.314 e. The van der Waals surface area contributed by atoms with Crippen molar-refractivity contribution in [1.29, 1.82) is 0 Å². The van der Waals surface area contributed by atoms with Crippen LogP contribution in [0.3, 0.4) is 0 Å². The Morgan fingerprint density at radius 2 is 1.59 bits per heavy atom. The molecule has 2 atom stereocenters. The summed E-state index contributed by atoms with van der Waals surface area (Å²) in [5.74, 6) is 0.910. The monoisotopic (exact) mass is 239 g/mol. The van der Waals surface area contributed by atoms with Crippen molar-refractivity contribution in [1.82, 2.24) is 5.32 Å². The summed E-state index contributed by atoms with van der Waals surface area (Å²) in [5.41, 5.74) is 0. The van der Waals surface area contributed by atoms with Gasteiger partial charge in [-0.05, 0) is 31.7 Å². The van der Waals surface area contributed by atoms with Crippen LogP contribution in [0.4, 0.5) is 0 Å². The Morgan fingerprint density at radius 3 is 2.24 bits per heavy atom. The molecule has 1 aliphatic heterocycles. The summed E-state index contributed by atoms with van der Waals surface area (Å²) in [6, 6.07) is 0.823. The molecule has 102 valence electrons. The lowest BCUT2D eigenvalue weighted by Gasteiger charge is -2.30. The van der Waals surface area contributed by atoms with E-state index in [1.54, 1.807) is 0 Å². The molecule has 1 heterocycles. The molecule has 0 aliphatic carbocycles. The standard InChI is InChI=1S/C16H33N/c1-3-4-5-6-7-8-9-10-13-16-15(2)12-11-14-17-16/h15-17H,3-14H2,1-2H3. The van der Waals surface area contributed by atoms with Crippen molar-refractivity contribution in [2.45, 2.75) is 90.5 Å². The Hall–Kier alpha value is -0.0400. The maximum absolute atomic E-state index is 3.69. The average Bonchev–Trinajstić information content (AvgIpc) is 2.35. The highest BCUT2D eigenvalue weighted by molar-refractivity contribution is 4.77. The molecule has 17 heavy (non-hydrogen) atoms. The van der Waals surface area contributed by atoms with Crippen molar-refractivity contribution >= 4 is 0 Å². The van der Waals surface area contributed by atoms with E-state index in [9.17, 15) is 0 Å². The minimum absolute atomic E-state index is 0.823. The molecule has 1 saturated heterocycles. The van der Waals surface area contributed by atoms with Gasteiger partial charge in [0, 0.05) is 6.04 Å². The molecule has 1 rings (SSSR count). The molecule has 0 radical (unpaired) electrons. The number of rotatable bonds is 9. The van der Waals surface area contributed by atoms with Gasteiger partial charge in [-0.1, -0.05) is 65.2 Å². The molecule has 1 heteroatoms. The minimum Gasteiger partial charge on any atom is -0.314 e. The zero-order chi connectivity index (χ0) is 12.3. The fourth-order valence-corrected chi connectivity index (χ4v) is 3.00. The maximum atomic E-state index is 3.69. The van der Waals surface area contributed by atoms with Crippen LogP contribution in [0.15, 0.2) is 0 Å². The second-order valence-electron chi connectivity index (χ2n) is 5.94. The molecular weight excluding hydrogens is 206 g/mol. The zero-order valence-electron chi connectivity index (χ0n) is 12.1. The molecule has 1 N–H and O–H groups in total. The lowest BCUT2D eigenvalue weighted by molar-refractivity contribution is 0.280. The first kappa shape index (κ1) is 15.0. The third kappa shape index (κ3) is 7.08. The van der Waals surface area contributed by atoms with Crippen molar-refractivity contribution in [3.63, 3.8) is 0 Å². The van der Waals surface area contributed by atoms with Gasteiger partial charge >= 0.3 is 0 Å². The Morgan fingerprint density at radius 1 is 0.941 bits per heavy atom. The number of hydrogen-bond acceptors (Lipinski definition) is 1. The fraction of sp³-hybridized carbons (Fsp3) is 1.00. The highest BCUT2D eigenvalue weighted by Gasteiger charge is 2.19. The van der Waals surface area contributed by atoms with E-state index in [1.807, 2.05) is 0 Å². The highest BCUT2D eigenvalue weighted by Crippen LogP contribution is 2.20. The molecule has 0 amide bonds. The van der Waals surface area contributed by atoms with E-state index in [2.05, 4.69) is 19.2 Å². The lowest BCUT2D eigenvalue weighted by Crippen LogP contribution is -2.39. The van der Waals surface area contributed by atoms with Gasteiger partial charge in [0.25, 0.3) is 0 Å². The summed E-state index contributed by atoms with van der Waals surface area (Å²) in [6.45, 7) is 5.96. The van der Waals surface area contributed by atoms with Crippen LogP contribution in [0.5, 0.6) is 0 Å². The van der Waals surface area contributed by atoms with Gasteiger partial charge < -0.3 is 5.32 Å². The van der Waals surface area contributed by atoms with Crippen LogP contribution in [-0.4, -0.2) is 12.6 Å². The van der Waals surface area contributed by atoms with Crippen LogP contribution in [0.1, 0.15) is 84.5 Å². The van der Waals surface area contributed by atoms with Gasteiger partial charge in [-0.3, -0.25) is 0 Å². The van der Waals surface area contributed by atoms with Gasteiger partial charge in [0.15, 0.2) is 0 Å². The molecule has 1 nitrogen and oxygen atoms in total. The van der Waals surface area contributed by atoms with Crippen LogP contribution >= 0.6 is 0 Å². The molecule has 0 spiro atoms. The third-order valence-corrected chi connectivity index (χ3v) is 4.30. The maximum Gasteiger partial charge on any atom is 0.00926 e. The number of nitrogens with one attached hydrogen (secondary N) is 1. The number of hydrogen-bond donors (Lipinski definition) is 1. The molecule has 1 fully saturated rings. The van der Waals surface area contributed by atoms with Crippen molar-refractivity contribution in [3.8, 4) is 0 Å². The molecule has 0 saturated carbocycles. The summed E-state index contributed by atoms with van der Waals surface area (Å²) < 4.78 is 0. The zero-order valence-corrected chi connectivity index (χ0v) is 12.1. The molecule has 0 bridgehead atoms. The van der Waals surface area contributed by atoms with E-state index >= 15 is 0 Å². The third-order valence-electron chi connectivity index (χ3n) is 4.30. The van der Waals surface area contributed by atoms with E-state index < -0.39 is 0 Å². The van der Waals surface area contributed by atoms with Gasteiger partial charge in [-0.15, -0.1) is 0 Å². The fourth-order valence-electron chi connectivity index (χ4n) is 3.00. The van der Waals surface area contributed by atoms with Gasteiger partial charge in [0.05, 0.1) is 0 Å². The van der Waals surface area contributed by atoms with Crippen molar-refractivity contribution in [3.05, 3.63) is 0 Å². The van der Waals surface area contributed by atoms with Crippen molar-refractivity contribution in [2.24, 2.45) is 5.92 Å². The molecule has 0 aromatic carbocycles. The molecule has 1 aliphatic rings. The van der Waals surface area contributed by atoms with E-state index in [4.69, 9.17) is 0 Å². The average molecular weight is 239 g/mol. The molecule has 0 aromatic heterocycles. The first-order valence-electron chi connectivity index (χ1n) is 8.08. The first-order chi connectivity index (χ1) is 8.34. The smallest absolute Gasteiger partial charge is 0.00926 e. The predicted molar refractivity (Wildman–Crippen MR) is 77.4 cm³/mol. The Bertz CT molecular complexity index is 167. The van der Waals surface area contributed by atoms with E-state index in [0.29, 0.717) is 0 Å². The van der Waals surface area contributed by atoms with Crippen molar-refractivity contribution < 1.29 is 0 Å². The normalized spacial score (nSPS) is 25.1. The van der Waals surface area contributed by atoms with Crippen LogP contribution in [0.25, 0.3) is 0 Å². The predicted octanol–water partition coefficient (Wildman–Crippen LogP) is 4.91. The van der Waals surface area contributed by atoms with Crippen LogP contribution in [-0.2, 0) is 0 Å².